The van der Waals surface area contributed by atoms with Gasteiger partial charge in [-0.15, -0.1) is 0 Å². The van der Waals surface area contributed by atoms with Gasteiger partial charge in [0.15, 0.2) is 0 Å². The van der Waals surface area contributed by atoms with Crippen LogP contribution < -0.4 is 5.73 Å². The van der Waals surface area contributed by atoms with Gasteiger partial charge in [-0.05, 0) is 44.0 Å². The fourth-order valence-electron chi connectivity index (χ4n) is 3.25. The first kappa shape index (κ1) is 15.8. The van der Waals surface area contributed by atoms with Gasteiger partial charge in [0, 0.05) is 17.1 Å². The quantitative estimate of drug-likeness (QED) is 0.898. The Hall–Kier alpha value is -0.610. The van der Waals surface area contributed by atoms with Gasteiger partial charge in [0.1, 0.15) is 0 Å². The van der Waals surface area contributed by atoms with Crippen molar-refractivity contribution in [1.29, 1.82) is 0 Å². The molecule has 1 aromatic carbocycles. The molecule has 0 spiro atoms. The van der Waals surface area contributed by atoms with Crippen molar-refractivity contribution >= 4 is 11.6 Å². The number of hydrogen-bond acceptors (Lipinski definition) is 3. The summed E-state index contributed by atoms with van der Waals surface area (Å²) in [7, 11) is 0. The van der Waals surface area contributed by atoms with Crippen LogP contribution in [0.1, 0.15) is 44.2 Å². The highest BCUT2D eigenvalue weighted by Gasteiger charge is 2.30. The van der Waals surface area contributed by atoms with Gasteiger partial charge in [-0.25, -0.2) is 0 Å². The number of likely N-dealkylation sites (tertiary alicyclic amines) is 1. The average Bonchev–Trinajstić information content (AvgIpc) is 2.64. The van der Waals surface area contributed by atoms with E-state index in [1.54, 1.807) is 0 Å². The van der Waals surface area contributed by atoms with E-state index in [0.717, 1.165) is 23.6 Å². The molecule has 1 saturated heterocycles. The normalized spacial score (nSPS) is 24.1. The molecule has 0 amide bonds. The lowest BCUT2D eigenvalue weighted by Crippen LogP contribution is -2.46. The number of aliphatic hydroxyl groups excluding tert-OH is 1. The number of aliphatic hydroxyl groups is 1. The maximum absolute atomic E-state index is 9.71. The molecule has 4 heteroatoms. The lowest BCUT2D eigenvalue weighted by molar-refractivity contribution is 0.0747. The van der Waals surface area contributed by atoms with Crippen LogP contribution in [0.15, 0.2) is 24.3 Å². The summed E-state index contributed by atoms with van der Waals surface area (Å²) in [4.78, 5) is 2.38. The Labute approximate surface area is 126 Å². The number of hydrogen-bond donors (Lipinski definition) is 2. The van der Waals surface area contributed by atoms with Gasteiger partial charge in [-0.1, -0.05) is 36.6 Å². The number of benzene rings is 1. The van der Waals surface area contributed by atoms with Crippen LogP contribution in [0.2, 0.25) is 5.02 Å². The highest BCUT2D eigenvalue weighted by Crippen LogP contribution is 2.31. The zero-order valence-corrected chi connectivity index (χ0v) is 12.9. The molecule has 3 N–H and O–H groups in total. The maximum atomic E-state index is 9.71. The molecule has 3 nitrogen and oxygen atoms in total. The maximum Gasteiger partial charge on any atom is 0.0587 e. The zero-order valence-electron chi connectivity index (χ0n) is 12.1. The van der Waals surface area contributed by atoms with Gasteiger partial charge < -0.3 is 10.8 Å². The topological polar surface area (TPSA) is 49.5 Å². The van der Waals surface area contributed by atoms with Crippen LogP contribution >= 0.6 is 11.6 Å². The summed E-state index contributed by atoms with van der Waals surface area (Å²) in [5.41, 5.74) is 7.40. The Balaban J connectivity index is 2.30. The van der Waals surface area contributed by atoms with E-state index in [1.165, 1.54) is 19.3 Å². The monoisotopic (exact) mass is 296 g/mol. The Morgan fingerprint density at radius 3 is 2.85 bits per heavy atom. The SMILES string of the molecule is CC(N)C(c1cccc(Cl)c1)N1CCCCCC1CO. The van der Waals surface area contributed by atoms with E-state index < -0.39 is 0 Å². The number of rotatable bonds is 4. The molecule has 20 heavy (non-hydrogen) atoms. The molecular formula is C16H25ClN2O. The van der Waals surface area contributed by atoms with E-state index in [2.05, 4.69) is 11.0 Å². The number of halogens is 1. The van der Waals surface area contributed by atoms with E-state index in [9.17, 15) is 5.11 Å². The molecule has 1 aliphatic heterocycles. The van der Waals surface area contributed by atoms with Crippen LogP contribution in [-0.4, -0.2) is 35.2 Å². The Kier molecular flexibility index (Phi) is 5.85. The second kappa shape index (κ2) is 7.41. The summed E-state index contributed by atoms with van der Waals surface area (Å²) < 4.78 is 0. The van der Waals surface area contributed by atoms with Crippen molar-refractivity contribution in [3.63, 3.8) is 0 Å². The first-order valence-corrected chi connectivity index (χ1v) is 7.89. The predicted molar refractivity (Wildman–Crippen MR) is 83.9 cm³/mol. The number of nitrogens with two attached hydrogens (primary N) is 1. The van der Waals surface area contributed by atoms with E-state index in [-0.39, 0.29) is 24.7 Å². The standard InChI is InChI=1S/C16H25ClN2O/c1-12(18)16(13-6-5-7-14(17)10-13)19-9-4-2-3-8-15(19)11-20/h5-7,10,12,15-16,20H,2-4,8-9,11,18H2,1H3. The Bertz CT molecular complexity index is 425. The van der Waals surface area contributed by atoms with Gasteiger partial charge in [0.25, 0.3) is 0 Å². The Morgan fingerprint density at radius 2 is 2.20 bits per heavy atom. The minimum absolute atomic E-state index is 0.000571. The van der Waals surface area contributed by atoms with Gasteiger partial charge in [-0.3, -0.25) is 4.90 Å². The molecule has 0 aromatic heterocycles. The van der Waals surface area contributed by atoms with E-state index in [0.29, 0.717) is 0 Å². The van der Waals surface area contributed by atoms with Crippen LogP contribution in [0.5, 0.6) is 0 Å². The van der Waals surface area contributed by atoms with Crippen molar-refractivity contribution in [3.8, 4) is 0 Å². The largest absolute Gasteiger partial charge is 0.395 e. The van der Waals surface area contributed by atoms with Crippen molar-refractivity contribution < 1.29 is 5.11 Å². The molecule has 2 rings (SSSR count). The third kappa shape index (κ3) is 3.73. The molecule has 1 fully saturated rings. The first-order valence-electron chi connectivity index (χ1n) is 7.51. The first-order chi connectivity index (χ1) is 9.63. The molecule has 112 valence electrons. The average molecular weight is 297 g/mol. The smallest absolute Gasteiger partial charge is 0.0587 e. The van der Waals surface area contributed by atoms with E-state index in [1.807, 2.05) is 25.1 Å². The summed E-state index contributed by atoms with van der Waals surface area (Å²) in [6.07, 6.45) is 4.62. The molecule has 1 heterocycles. The van der Waals surface area contributed by atoms with Crippen molar-refractivity contribution in [2.45, 2.75) is 50.7 Å². The fraction of sp³-hybridized carbons (Fsp3) is 0.625. The summed E-state index contributed by atoms with van der Waals surface area (Å²) >= 11 is 6.13. The Morgan fingerprint density at radius 1 is 1.40 bits per heavy atom. The van der Waals surface area contributed by atoms with Gasteiger partial charge >= 0.3 is 0 Å². The van der Waals surface area contributed by atoms with Crippen molar-refractivity contribution in [2.75, 3.05) is 13.2 Å². The lowest BCUT2D eigenvalue weighted by Gasteiger charge is -2.38. The van der Waals surface area contributed by atoms with Crippen LogP contribution in [0.25, 0.3) is 0 Å². The minimum Gasteiger partial charge on any atom is -0.395 e. The van der Waals surface area contributed by atoms with Crippen molar-refractivity contribution in [1.82, 2.24) is 4.90 Å². The molecule has 0 bridgehead atoms. The van der Waals surface area contributed by atoms with E-state index >= 15 is 0 Å². The summed E-state index contributed by atoms with van der Waals surface area (Å²) in [6, 6.07) is 8.25. The van der Waals surface area contributed by atoms with Gasteiger partial charge in [-0.2, -0.15) is 0 Å². The molecule has 0 aliphatic carbocycles. The molecular weight excluding hydrogens is 272 g/mol. The molecule has 1 aromatic rings. The second-order valence-electron chi connectivity index (χ2n) is 5.78. The zero-order chi connectivity index (χ0) is 14.5. The van der Waals surface area contributed by atoms with Crippen molar-refractivity contribution in [3.05, 3.63) is 34.9 Å². The predicted octanol–water partition coefficient (Wildman–Crippen LogP) is 2.97. The second-order valence-corrected chi connectivity index (χ2v) is 6.22. The van der Waals surface area contributed by atoms with Gasteiger partial charge in [0.05, 0.1) is 12.6 Å². The summed E-state index contributed by atoms with van der Waals surface area (Å²) in [6.45, 7) is 3.22. The van der Waals surface area contributed by atoms with Gasteiger partial charge in [0.2, 0.25) is 0 Å². The fourth-order valence-corrected chi connectivity index (χ4v) is 3.45. The molecule has 1 aliphatic rings. The highest BCUT2D eigenvalue weighted by atomic mass is 35.5. The number of nitrogens with zero attached hydrogens (tertiary/aromatic N) is 1. The molecule has 0 saturated carbocycles. The summed E-state index contributed by atoms with van der Waals surface area (Å²) in [5, 5.41) is 10.4. The summed E-state index contributed by atoms with van der Waals surface area (Å²) in [5.74, 6) is 0. The lowest BCUT2D eigenvalue weighted by atomic mass is 9.97. The third-order valence-corrected chi connectivity index (χ3v) is 4.41. The minimum atomic E-state index is 0.000571. The molecule has 0 radical (unpaired) electrons. The van der Waals surface area contributed by atoms with Crippen LogP contribution in [0.4, 0.5) is 0 Å². The van der Waals surface area contributed by atoms with Crippen LogP contribution in [0, 0.1) is 0 Å². The molecule has 3 atom stereocenters. The van der Waals surface area contributed by atoms with E-state index in [4.69, 9.17) is 17.3 Å². The third-order valence-electron chi connectivity index (χ3n) is 4.18. The van der Waals surface area contributed by atoms with Crippen LogP contribution in [0.3, 0.4) is 0 Å². The van der Waals surface area contributed by atoms with Crippen molar-refractivity contribution in [2.24, 2.45) is 5.73 Å². The highest BCUT2D eigenvalue weighted by molar-refractivity contribution is 6.30. The molecule has 3 unspecified atom stereocenters. The van der Waals surface area contributed by atoms with Crippen LogP contribution in [-0.2, 0) is 0 Å².